The molecule has 0 N–H and O–H groups in total. The van der Waals surface area contributed by atoms with Gasteiger partial charge in [0.15, 0.2) is 0 Å². The molecule has 0 saturated heterocycles. The summed E-state index contributed by atoms with van der Waals surface area (Å²) in [6.45, 7) is 4.01. The van der Waals surface area contributed by atoms with Crippen molar-refractivity contribution < 1.29 is 9.53 Å². The first-order valence-electron chi connectivity index (χ1n) is 6.89. The average molecular weight is 279 g/mol. The number of hydrogen-bond acceptors (Lipinski definition) is 2. The van der Waals surface area contributed by atoms with Crippen molar-refractivity contribution in [1.82, 2.24) is 4.57 Å². The van der Waals surface area contributed by atoms with Gasteiger partial charge in [0.25, 0.3) is 5.91 Å². The van der Waals surface area contributed by atoms with Gasteiger partial charge in [-0.1, -0.05) is 18.2 Å². The molecular weight excluding hydrogens is 262 g/mol. The smallest absolute Gasteiger partial charge is 0.262 e. The van der Waals surface area contributed by atoms with Crippen LogP contribution in [0.5, 0.6) is 5.75 Å². The summed E-state index contributed by atoms with van der Waals surface area (Å²) in [5.41, 5.74) is 3.67. The van der Waals surface area contributed by atoms with Gasteiger partial charge in [0.2, 0.25) is 0 Å². The van der Waals surface area contributed by atoms with Crippen LogP contribution in [0.15, 0.2) is 48.5 Å². The summed E-state index contributed by atoms with van der Waals surface area (Å²) in [7, 11) is 1.65. The lowest BCUT2D eigenvalue weighted by atomic mass is 10.1. The van der Waals surface area contributed by atoms with Gasteiger partial charge in [-0.15, -0.1) is 0 Å². The molecule has 106 valence electrons. The molecule has 3 nitrogen and oxygen atoms in total. The zero-order valence-electron chi connectivity index (χ0n) is 12.4. The maximum Gasteiger partial charge on any atom is 0.262 e. The maximum atomic E-state index is 12.8. The normalized spacial score (nSPS) is 10.8. The number of carbonyl (C=O) groups is 1. The van der Waals surface area contributed by atoms with E-state index in [1.165, 1.54) is 0 Å². The number of hydrogen-bond donors (Lipinski definition) is 0. The molecule has 0 aliphatic carbocycles. The van der Waals surface area contributed by atoms with Crippen LogP contribution in [-0.4, -0.2) is 17.6 Å². The first-order chi connectivity index (χ1) is 10.1. The van der Waals surface area contributed by atoms with E-state index in [4.69, 9.17) is 4.74 Å². The van der Waals surface area contributed by atoms with Gasteiger partial charge in [-0.05, 0) is 49.7 Å². The third kappa shape index (κ3) is 2.11. The van der Waals surface area contributed by atoms with Gasteiger partial charge < -0.3 is 4.74 Å². The molecule has 0 saturated carbocycles. The van der Waals surface area contributed by atoms with Gasteiger partial charge >= 0.3 is 0 Å². The van der Waals surface area contributed by atoms with Crippen LogP contribution < -0.4 is 4.74 Å². The Kier molecular flexibility index (Phi) is 3.26. The summed E-state index contributed by atoms with van der Waals surface area (Å²) < 4.78 is 7.05. The summed E-state index contributed by atoms with van der Waals surface area (Å²) >= 11 is 0. The minimum atomic E-state index is -0.00336. The molecule has 21 heavy (non-hydrogen) atoms. The Morgan fingerprint density at radius 3 is 2.43 bits per heavy atom. The van der Waals surface area contributed by atoms with Crippen molar-refractivity contribution in [3.05, 3.63) is 65.4 Å². The number of methoxy groups -OCH3 is 1. The minimum Gasteiger partial charge on any atom is -0.497 e. The first-order valence-corrected chi connectivity index (χ1v) is 6.89. The maximum absolute atomic E-state index is 12.8. The fourth-order valence-corrected chi connectivity index (χ4v) is 2.65. The summed E-state index contributed by atoms with van der Waals surface area (Å²) in [4.78, 5) is 12.8. The molecule has 0 atom stereocenters. The summed E-state index contributed by atoms with van der Waals surface area (Å²) in [5, 5.41) is 1.05. The van der Waals surface area contributed by atoms with Crippen LogP contribution in [0, 0.1) is 13.8 Å². The molecule has 0 bridgehead atoms. The van der Waals surface area contributed by atoms with Crippen molar-refractivity contribution in [1.29, 1.82) is 0 Å². The second-order valence-corrected chi connectivity index (χ2v) is 5.10. The highest BCUT2D eigenvalue weighted by molar-refractivity contribution is 6.04. The molecule has 0 unspecified atom stereocenters. The zero-order valence-corrected chi connectivity index (χ0v) is 12.4. The Labute approximate surface area is 123 Å². The van der Waals surface area contributed by atoms with E-state index in [1.54, 1.807) is 11.7 Å². The third-order valence-electron chi connectivity index (χ3n) is 3.95. The van der Waals surface area contributed by atoms with Crippen LogP contribution in [0.25, 0.3) is 10.9 Å². The van der Waals surface area contributed by atoms with Crippen molar-refractivity contribution in [2.75, 3.05) is 7.11 Å². The summed E-state index contributed by atoms with van der Waals surface area (Å²) in [5.74, 6) is 0.797. The van der Waals surface area contributed by atoms with Crippen molar-refractivity contribution in [2.45, 2.75) is 13.8 Å². The molecule has 3 heteroatoms. The van der Waals surface area contributed by atoms with Gasteiger partial charge in [-0.3, -0.25) is 9.36 Å². The van der Waals surface area contributed by atoms with Crippen molar-refractivity contribution in [2.24, 2.45) is 0 Å². The molecule has 1 aromatic heterocycles. The SMILES string of the molecule is COc1ccc2c(c1)c(C)c(C)n2C(=O)c1ccccc1. The lowest BCUT2D eigenvalue weighted by molar-refractivity contribution is 0.0963. The molecule has 1 heterocycles. The van der Waals surface area contributed by atoms with Crippen LogP contribution in [-0.2, 0) is 0 Å². The predicted molar refractivity (Wildman–Crippen MR) is 84.1 cm³/mol. The number of aryl methyl sites for hydroxylation is 1. The topological polar surface area (TPSA) is 31.2 Å². The molecule has 0 aliphatic heterocycles. The van der Waals surface area contributed by atoms with E-state index in [0.29, 0.717) is 5.56 Å². The summed E-state index contributed by atoms with van der Waals surface area (Å²) in [6.07, 6.45) is 0. The van der Waals surface area contributed by atoms with Crippen molar-refractivity contribution >= 4 is 16.8 Å². The predicted octanol–water partition coefficient (Wildman–Crippen LogP) is 3.96. The van der Waals surface area contributed by atoms with Crippen LogP contribution in [0.2, 0.25) is 0 Å². The van der Waals surface area contributed by atoms with E-state index < -0.39 is 0 Å². The van der Waals surface area contributed by atoms with Gasteiger partial charge in [-0.2, -0.15) is 0 Å². The van der Waals surface area contributed by atoms with Crippen LogP contribution in [0.3, 0.4) is 0 Å². The highest BCUT2D eigenvalue weighted by Crippen LogP contribution is 2.29. The lowest BCUT2D eigenvalue weighted by Gasteiger charge is -2.07. The average Bonchev–Trinajstić information content (AvgIpc) is 2.78. The molecule has 2 aromatic carbocycles. The van der Waals surface area contributed by atoms with Gasteiger partial charge in [0, 0.05) is 16.6 Å². The van der Waals surface area contributed by atoms with E-state index in [9.17, 15) is 4.79 Å². The monoisotopic (exact) mass is 279 g/mol. The third-order valence-corrected chi connectivity index (χ3v) is 3.95. The number of aromatic nitrogens is 1. The number of carbonyl (C=O) groups excluding carboxylic acids is 1. The Morgan fingerprint density at radius 1 is 1.05 bits per heavy atom. The zero-order chi connectivity index (χ0) is 15.0. The lowest BCUT2D eigenvalue weighted by Crippen LogP contribution is -2.13. The quantitative estimate of drug-likeness (QED) is 0.711. The Morgan fingerprint density at radius 2 is 1.76 bits per heavy atom. The molecule has 3 aromatic rings. The van der Waals surface area contributed by atoms with Gasteiger partial charge in [-0.25, -0.2) is 0 Å². The molecule has 0 aliphatic rings. The Bertz CT molecular complexity index is 816. The van der Waals surface area contributed by atoms with Crippen LogP contribution in [0.4, 0.5) is 0 Å². The second-order valence-electron chi connectivity index (χ2n) is 5.10. The number of fused-ring (bicyclic) bond motifs is 1. The highest BCUT2D eigenvalue weighted by atomic mass is 16.5. The molecule has 0 radical (unpaired) electrons. The van der Waals surface area contributed by atoms with Crippen LogP contribution in [0.1, 0.15) is 21.6 Å². The summed E-state index contributed by atoms with van der Waals surface area (Å²) in [6, 6.07) is 15.2. The fourth-order valence-electron chi connectivity index (χ4n) is 2.65. The van der Waals surface area contributed by atoms with Crippen LogP contribution >= 0.6 is 0 Å². The van der Waals surface area contributed by atoms with E-state index >= 15 is 0 Å². The van der Waals surface area contributed by atoms with E-state index in [1.807, 2.05) is 62.4 Å². The largest absolute Gasteiger partial charge is 0.497 e. The number of ether oxygens (including phenoxy) is 1. The first kappa shape index (κ1) is 13.4. The van der Waals surface area contributed by atoms with E-state index in [0.717, 1.165) is 27.9 Å². The number of nitrogens with zero attached hydrogens (tertiary/aromatic N) is 1. The number of rotatable bonds is 2. The van der Waals surface area contributed by atoms with E-state index in [2.05, 4.69) is 0 Å². The van der Waals surface area contributed by atoms with Gasteiger partial charge in [0.1, 0.15) is 5.75 Å². The molecule has 0 spiro atoms. The van der Waals surface area contributed by atoms with Gasteiger partial charge in [0.05, 0.1) is 12.6 Å². The minimum absolute atomic E-state index is 0.00336. The highest BCUT2D eigenvalue weighted by Gasteiger charge is 2.17. The fraction of sp³-hybridized carbons (Fsp3) is 0.167. The molecular formula is C18H17NO2. The van der Waals surface area contributed by atoms with Crippen molar-refractivity contribution in [3.63, 3.8) is 0 Å². The molecule has 0 fully saturated rings. The standard InChI is InChI=1S/C18H17NO2/c1-12-13(2)19(18(20)14-7-5-4-6-8-14)17-10-9-15(21-3)11-16(12)17/h4-11H,1-3H3. The van der Waals surface area contributed by atoms with Crippen molar-refractivity contribution in [3.8, 4) is 5.75 Å². The second kappa shape index (κ2) is 5.09. The Hall–Kier alpha value is -2.55. The Balaban J connectivity index is 2.24. The molecule has 0 amide bonds. The van der Waals surface area contributed by atoms with E-state index in [-0.39, 0.29) is 5.91 Å². The molecule has 3 rings (SSSR count). The number of benzene rings is 2.